The third-order valence-electron chi connectivity index (χ3n) is 4.27. The number of rotatable bonds is 6. The maximum atomic E-state index is 12.6. The number of nitrogens with two attached hydrogens (primary N) is 1. The zero-order chi connectivity index (χ0) is 18.7. The molecule has 1 unspecified atom stereocenters. The second-order valence-electron chi connectivity index (χ2n) is 6.05. The number of aryl methyl sites for hydroxylation is 1. The average Bonchev–Trinajstić information content (AvgIpc) is 3.27. The van der Waals surface area contributed by atoms with Crippen molar-refractivity contribution in [3.05, 3.63) is 68.2 Å². The van der Waals surface area contributed by atoms with Gasteiger partial charge in [0.25, 0.3) is 0 Å². The van der Waals surface area contributed by atoms with Crippen LogP contribution in [0.2, 0.25) is 5.02 Å². The molecule has 26 heavy (non-hydrogen) atoms. The molecular weight excluding hydrogens is 370 g/mol. The molecule has 5 nitrogen and oxygen atoms in total. The molecule has 1 atom stereocenters. The van der Waals surface area contributed by atoms with Crippen LogP contribution < -0.4 is 11.1 Å². The Bertz CT molecular complexity index is 871. The van der Waals surface area contributed by atoms with Crippen LogP contribution in [0.3, 0.4) is 0 Å². The molecule has 1 amide bonds. The van der Waals surface area contributed by atoms with Gasteiger partial charge in [-0.1, -0.05) is 35.9 Å². The van der Waals surface area contributed by atoms with Gasteiger partial charge >= 0.3 is 0 Å². The highest BCUT2D eigenvalue weighted by Gasteiger charge is 2.22. The number of aliphatic hydroxyl groups excluding tert-OH is 1. The number of nitrogens with zero attached hydrogens (tertiary/aromatic N) is 1. The summed E-state index contributed by atoms with van der Waals surface area (Å²) >= 11 is 7.30. The van der Waals surface area contributed by atoms with E-state index in [4.69, 9.17) is 17.3 Å². The van der Waals surface area contributed by atoms with Gasteiger partial charge in [-0.05, 0) is 30.2 Å². The topological polar surface area (TPSA) is 88.2 Å². The summed E-state index contributed by atoms with van der Waals surface area (Å²) in [4.78, 5) is 17.8. The minimum atomic E-state index is -0.369. The van der Waals surface area contributed by atoms with Crippen LogP contribution in [0.5, 0.6) is 0 Å². The number of allylic oxidation sites excluding steroid dienone is 3. The molecule has 0 saturated heterocycles. The fraction of sp³-hybridized carbons (Fsp3) is 0.263. The van der Waals surface area contributed by atoms with Gasteiger partial charge in [0.1, 0.15) is 5.01 Å². The highest BCUT2D eigenvalue weighted by atomic mass is 35.5. The van der Waals surface area contributed by atoms with Gasteiger partial charge in [0.15, 0.2) is 0 Å². The predicted octanol–water partition coefficient (Wildman–Crippen LogP) is 3.13. The van der Waals surface area contributed by atoms with E-state index in [2.05, 4.69) is 10.3 Å². The van der Waals surface area contributed by atoms with Gasteiger partial charge in [0.2, 0.25) is 5.91 Å². The summed E-state index contributed by atoms with van der Waals surface area (Å²) in [6.45, 7) is 2.02. The van der Waals surface area contributed by atoms with E-state index in [9.17, 15) is 9.90 Å². The minimum Gasteiger partial charge on any atom is -0.391 e. The molecular formula is C19H20ClN3O2S. The van der Waals surface area contributed by atoms with Gasteiger partial charge in [0.05, 0.1) is 23.2 Å². The molecule has 1 heterocycles. The Kier molecular flexibility index (Phi) is 5.88. The van der Waals surface area contributed by atoms with E-state index < -0.39 is 0 Å². The van der Waals surface area contributed by atoms with Gasteiger partial charge < -0.3 is 16.2 Å². The van der Waals surface area contributed by atoms with E-state index in [1.54, 1.807) is 0 Å². The van der Waals surface area contributed by atoms with Crippen molar-refractivity contribution in [3.63, 3.8) is 0 Å². The fourth-order valence-electron chi connectivity index (χ4n) is 2.76. The SMILES string of the molecule is Cc1nc(C(CN)NC(=O)C2=CC=C(c3ccc(Cl)cc3)C2)sc1CO. The number of hydrogen-bond donors (Lipinski definition) is 3. The number of aromatic nitrogens is 1. The molecule has 0 fully saturated rings. The van der Waals surface area contributed by atoms with Crippen molar-refractivity contribution in [2.75, 3.05) is 6.54 Å². The summed E-state index contributed by atoms with van der Waals surface area (Å²) in [6, 6.07) is 7.20. The van der Waals surface area contributed by atoms with E-state index >= 15 is 0 Å². The number of hydrogen-bond acceptors (Lipinski definition) is 5. The smallest absolute Gasteiger partial charge is 0.248 e. The van der Waals surface area contributed by atoms with Crippen molar-refractivity contribution in [1.29, 1.82) is 0 Å². The summed E-state index contributed by atoms with van der Waals surface area (Å²) in [6.07, 6.45) is 4.34. The maximum absolute atomic E-state index is 12.6. The number of halogens is 1. The van der Waals surface area contributed by atoms with Crippen LogP contribution in [-0.2, 0) is 11.4 Å². The number of amides is 1. The monoisotopic (exact) mass is 389 g/mol. The number of aliphatic hydroxyl groups is 1. The van der Waals surface area contributed by atoms with Crippen molar-refractivity contribution in [2.45, 2.75) is 26.0 Å². The second kappa shape index (κ2) is 8.14. The van der Waals surface area contributed by atoms with Crippen molar-refractivity contribution in [2.24, 2.45) is 5.73 Å². The molecule has 2 aromatic rings. The van der Waals surface area contributed by atoms with Crippen LogP contribution in [0.1, 0.15) is 33.6 Å². The highest BCUT2D eigenvalue weighted by molar-refractivity contribution is 7.11. The molecule has 1 aliphatic carbocycles. The summed E-state index contributed by atoms with van der Waals surface area (Å²) in [5, 5.41) is 13.7. The highest BCUT2D eigenvalue weighted by Crippen LogP contribution is 2.30. The molecule has 0 radical (unpaired) electrons. The number of nitrogens with one attached hydrogen (secondary N) is 1. The van der Waals surface area contributed by atoms with Gasteiger partial charge in [-0.3, -0.25) is 4.79 Å². The predicted molar refractivity (Wildman–Crippen MR) is 105 cm³/mol. The lowest BCUT2D eigenvalue weighted by Crippen LogP contribution is -2.34. The van der Waals surface area contributed by atoms with E-state index in [1.165, 1.54) is 11.3 Å². The zero-order valence-electron chi connectivity index (χ0n) is 14.3. The van der Waals surface area contributed by atoms with Gasteiger partial charge in [0, 0.05) is 23.6 Å². The first kappa shape index (κ1) is 18.8. The molecule has 4 N–H and O–H groups in total. The van der Waals surface area contributed by atoms with E-state index in [0.717, 1.165) is 21.7 Å². The van der Waals surface area contributed by atoms with Gasteiger partial charge in [-0.25, -0.2) is 4.98 Å². The lowest BCUT2D eigenvalue weighted by Gasteiger charge is -2.15. The lowest BCUT2D eigenvalue weighted by molar-refractivity contribution is -0.118. The fourth-order valence-corrected chi connectivity index (χ4v) is 3.88. The second-order valence-corrected chi connectivity index (χ2v) is 7.60. The number of carbonyl (C=O) groups excluding carboxylic acids is 1. The van der Waals surface area contributed by atoms with Crippen LogP contribution in [-0.4, -0.2) is 22.5 Å². The lowest BCUT2D eigenvalue weighted by atomic mass is 10.0. The largest absolute Gasteiger partial charge is 0.391 e. The Morgan fingerprint density at radius 1 is 1.38 bits per heavy atom. The molecule has 0 spiro atoms. The van der Waals surface area contributed by atoms with E-state index in [0.29, 0.717) is 22.0 Å². The Hall–Kier alpha value is -1.99. The van der Waals surface area contributed by atoms with E-state index in [-0.39, 0.29) is 25.1 Å². The zero-order valence-corrected chi connectivity index (χ0v) is 15.9. The Labute approximate surface area is 161 Å². The molecule has 136 valence electrons. The Balaban J connectivity index is 1.65. The number of benzene rings is 1. The maximum Gasteiger partial charge on any atom is 0.248 e. The Morgan fingerprint density at radius 2 is 2.12 bits per heavy atom. The van der Waals surface area contributed by atoms with Crippen molar-refractivity contribution >= 4 is 34.4 Å². The van der Waals surface area contributed by atoms with Gasteiger partial charge in [-0.2, -0.15) is 0 Å². The van der Waals surface area contributed by atoms with Crippen molar-refractivity contribution in [1.82, 2.24) is 10.3 Å². The molecule has 1 aromatic heterocycles. The summed E-state index contributed by atoms with van der Waals surface area (Å²) in [7, 11) is 0. The molecule has 0 bridgehead atoms. The number of thiazole rings is 1. The number of carbonyl (C=O) groups is 1. The van der Waals surface area contributed by atoms with Crippen LogP contribution >= 0.6 is 22.9 Å². The normalized spacial score (nSPS) is 14.8. The van der Waals surface area contributed by atoms with Crippen LogP contribution in [0.4, 0.5) is 0 Å². The first-order valence-electron chi connectivity index (χ1n) is 8.25. The first-order chi connectivity index (χ1) is 12.5. The molecule has 1 aliphatic rings. The van der Waals surface area contributed by atoms with Crippen molar-refractivity contribution in [3.8, 4) is 0 Å². The third-order valence-corrected chi connectivity index (χ3v) is 5.77. The molecule has 1 aromatic carbocycles. The first-order valence-corrected chi connectivity index (χ1v) is 9.45. The summed E-state index contributed by atoms with van der Waals surface area (Å²) in [5.41, 5.74) is 9.41. The average molecular weight is 390 g/mol. The third kappa shape index (κ3) is 4.04. The summed E-state index contributed by atoms with van der Waals surface area (Å²) < 4.78 is 0. The van der Waals surface area contributed by atoms with Gasteiger partial charge in [-0.15, -0.1) is 11.3 Å². The van der Waals surface area contributed by atoms with Crippen molar-refractivity contribution < 1.29 is 9.90 Å². The molecule has 7 heteroatoms. The van der Waals surface area contributed by atoms with E-state index in [1.807, 2.05) is 43.3 Å². The standard InChI is InChI=1S/C19H20ClN3O2S/c1-11-17(10-24)26-19(22-11)16(9-21)23-18(25)14-3-2-13(8-14)12-4-6-15(20)7-5-12/h2-7,16,24H,8-10,21H2,1H3,(H,23,25). The molecule has 0 saturated carbocycles. The minimum absolute atomic E-state index is 0.0612. The molecule has 0 aliphatic heterocycles. The van der Waals surface area contributed by atoms with Crippen LogP contribution in [0.15, 0.2) is 42.0 Å². The van der Waals surface area contributed by atoms with Crippen LogP contribution in [0.25, 0.3) is 5.57 Å². The quantitative estimate of drug-likeness (QED) is 0.708. The molecule has 3 rings (SSSR count). The van der Waals surface area contributed by atoms with Crippen LogP contribution in [0, 0.1) is 6.92 Å². The Morgan fingerprint density at radius 3 is 2.73 bits per heavy atom. The summed E-state index contributed by atoms with van der Waals surface area (Å²) in [5.74, 6) is -0.154.